The zero-order valence-corrected chi connectivity index (χ0v) is 17.2. The molecule has 4 rings (SSSR count). The lowest BCUT2D eigenvalue weighted by Gasteiger charge is -2.33. The standard InChI is InChI=1S/C20H20F5N5O2/c1-29(9-3-5-10(31)6-4-9)19-26-8-12-16(28-30(2)18(12)27-19)11-7-13(20(23,24)25)15(22)17(32)14(11)21/h7-10,31-32H,3-6H2,1-2H3. The van der Waals surface area contributed by atoms with E-state index >= 15 is 0 Å². The summed E-state index contributed by atoms with van der Waals surface area (Å²) in [5.41, 5.74) is -2.55. The van der Waals surface area contributed by atoms with Crippen LogP contribution in [0.3, 0.4) is 0 Å². The van der Waals surface area contributed by atoms with Crippen molar-refractivity contribution in [3.05, 3.63) is 29.5 Å². The van der Waals surface area contributed by atoms with Gasteiger partial charge in [0.15, 0.2) is 23.0 Å². The lowest BCUT2D eigenvalue weighted by molar-refractivity contribution is -0.140. The predicted octanol–water partition coefficient (Wildman–Crippen LogP) is 3.77. The van der Waals surface area contributed by atoms with Crippen molar-refractivity contribution in [2.75, 3.05) is 11.9 Å². The van der Waals surface area contributed by atoms with Crippen LogP contribution in [0.1, 0.15) is 31.2 Å². The molecule has 172 valence electrons. The Kier molecular flexibility index (Phi) is 5.43. The minimum atomic E-state index is -5.14. The number of hydrogen-bond donors (Lipinski definition) is 2. The Morgan fingerprint density at radius 3 is 2.41 bits per heavy atom. The lowest BCUT2D eigenvalue weighted by atomic mass is 9.92. The highest BCUT2D eigenvalue weighted by atomic mass is 19.4. The number of aliphatic hydroxyl groups is 1. The van der Waals surface area contributed by atoms with Crippen LogP contribution in [0.2, 0.25) is 0 Å². The third-order valence-corrected chi connectivity index (χ3v) is 5.83. The SMILES string of the molecule is CN(c1ncc2c(-c3cc(C(F)(F)F)c(F)c(O)c3F)nn(C)c2n1)C1CCC(O)CC1. The van der Waals surface area contributed by atoms with E-state index in [1.807, 2.05) is 4.90 Å². The second-order valence-corrected chi connectivity index (χ2v) is 7.90. The summed E-state index contributed by atoms with van der Waals surface area (Å²) in [4.78, 5) is 10.5. The van der Waals surface area contributed by atoms with E-state index in [1.54, 1.807) is 7.05 Å². The van der Waals surface area contributed by atoms with Gasteiger partial charge in [0.25, 0.3) is 0 Å². The Morgan fingerprint density at radius 1 is 1.12 bits per heavy atom. The molecule has 12 heteroatoms. The van der Waals surface area contributed by atoms with Crippen LogP contribution in [0, 0.1) is 11.6 Å². The molecule has 0 aliphatic heterocycles. The van der Waals surface area contributed by atoms with Crippen molar-refractivity contribution in [1.29, 1.82) is 0 Å². The number of aromatic hydroxyl groups is 1. The molecule has 0 bridgehead atoms. The van der Waals surface area contributed by atoms with Gasteiger partial charge in [-0.25, -0.2) is 18.4 Å². The van der Waals surface area contributed by atoms with Crippen molar-refractivity contribution in [2.24, 2.45) is 7.05 Å². The van der Waals surface area contributed by atoms with Crippen LogP contribution < -0.4 is 4.90 Å². The average Bonchev–Trinajstić information content (AvgIpc) is 3.07. The van der Waals surface area contributed by atoms with E-state index in [2.05, 4.69) is 15.1 Å². The van der Waals surface area contributed by atoms with Gasteiger partial charge in [0, 0.05) is 31.9 Å². The molecule has 0 spiro atoms. The number of fused-ring (bicyclic) bond motifs is 1. The number of hydrogen-bond acceptors (Lipinski definition) is 6. The molecule has 2 heterocycles. The molecule has 32 heavy (non-hydrogen) atoms. The van der Waals surface area contributed by atoms with E-state index in [1.165, 1.54) is 17.9 Å². The Balaban J connectivity index is 1.79. The van der Waals surface area contributed by atoms with Crippen LogP contribution in [-0.4, -0.2) is 49.2 Å². The molecule has 2 aromatic heterocycles. The number of anilines is 1. The quantitative estimate of drug-likeness (QED) is 0.583. The number of aromatic nitrogens is 4. The molecule has 7 nitrogen and oxygen atoms in total. The lowest BCUT2D eigenvalue weighted by Crippen LogP contribution is -2.37. The van der Waals surface area contributed by atoms with Gasteiger partial charge >= 0.3 is 6.18 Å². The van der Waals surface area contributed by atoms with Crippen LogP contribution in [-0.2, 0) is 13.2 Å². The Labute approximate surface area is 179 Å². The van der Waals surface area contributed by atoms with Crippen molar-refractivity contribution in [3.8, 4) is 17.0 Å². The Morgan fingerprint density at radius 2 is 1.78 bits per heavy atom. The number of nitrogens with zero attached hydrogens (tertiary/aromatic N) is 5. The first kappa shape index (κ1) is 22.2. The number of alkyl halides is 3. The number of halogens is 5. The topological polar surface area (TPSA) is 87.3 Å². The molecule has 1 aromatic carbocycles. The first-order chi connectivity index (χ1) is 15.0. The van der Waals surface area contributed by atoms with Crippen LogP contribution >= 0.6 is 0 Å². The minimum Gasteiger partial charge on any atom is -0.503 e. The fourth-order valence-corrected chi connectivity index (χ4v) is 4.01. The van der Waals surface area contributed by atoms with Gasteiger partial charge in [-0.1, -0.05) is 0 Å². The Hall–Kier alpha value is -3.02. The molecule has 1 aliphatic rings. The molecular formula is C20H20F5N5O2. The van der Waals surface area contributed by atoms with Gasteiger partial charge in [-0.3, -0.25) is 0 Å². The molecule has 0 saturated heterocycles. The molecule has 0 radical (unpaired) electrons. The van der Waals surface area contributed by atoms with Gasteiger partial charge in [-0.05, 0) is 31.7 Å². The maximum atomic E-state index is 14.6. The average molecular weight is 457 g/mol. The van der Waals surface area contributed by atoms with Crippen molar-refractivity contribution in [3.63, 3.8) is 0 Å². The van der Waals surface area contributed by atoms with Crippen molar-refractivity contribution in [1.82, 2.24) is 19.7 Å². The third-order valence-electron chi connectivity index (χ3n) is 5.83. The van der Waals surface area contributed by atoms with Gasteiger partial charge in [0.1, 0.15) is 5.69 Å². The number of phenols is 1. The Bertz CT molecular complexity index is 1170. The van der Waals surface area contributed by atoms with Gasteiger partial charge in [0.2, 0.25) is 5.95 Å². The number of benzene rings is 1. The summed E-state index contributed by atoms with van der Waals surface area (Å²) in [5, 5.41) is 23.5. The normalized spacial score (nSPS) is 19.5. The number of rotatable bonds is 3. The maximum Gasteiger partial charge on any atom is 0.419 e. The third kappa shape index (κ3) is 3.72. The fourth-order valence-electron chi connectivity index (χ4n) is 4.01. The highest BCUT2D eigenvalue weighted by Crippen LogP contribution is 2.41. The molecule has 0 amide bonds. The highest BCUT2D eigenvalue weighted by Gasteiger charge is 2.38. The number of phenolic OH excluding ortho intramolecular Hbond substituents is 1. The molecule has 2 N–H and O–H groups in total. The van der Waals surface area contributed by atoms with E-state index in [4.69, 9.17) is 0 Å². The zero-order chi connectivity index (χ0) is 23.4. The van der Waals surface area contributed by atoms with Gasteiger partial charge in [-0.15, -0.1) is 0 Å². The highest BCUT2D eigenvalue weighted by molar-refractivity contribution is 5.91. The summed E-state index contributed by atoms with van der Waals surface area (Å²) in [6.45, 7) is 0. The minimum absolute atomic E-state index is 0.101. The molecule has 1 fully saturated rings. The van der Waals surface area contributed by atoms with Crippen LogP contribution in [0.15, 0.2) is 12.3 Å². The summed E-state index contributed by atoms with van der Waals surface area (Å²) in [7, 11) is 3.28. The molecule has 0 unspecified atom stereocenters. The number of aryl methyl sites for hydroxylation is 1. The zero-order valence-electron chi connectivity index (χ0n) is 17.2. The largest absolute Gasteiger partial charge is 0.503 e. The van der Waals surface area contributed by atoms with E-state index in [-0.39, 0.29) is 34.9 Å². The maximum absolute atomic E-state index is 14.6. The summed E-state index contributed by atoms with van der Waals surface area (Å²) in [5.74, 6) is -5.04. The fraction of sp³-hybridized carbons (Fsp3) is 0.450. The molecule has 3 aromatic rings. The molecule has 1 saturated carbocycles. The van der Waals surface area contributed by atoms with Gasteiger partial charge in [-0.2, -0.15) is 23.3 Å². The summed E-state index contributed by atoms with van der Waals surface area (Å²) in [6.07, 6.45) is -1.36. The predicted molar refractivity (Wildman–Crippen MR) is 105 cm³/mol. The van der Waals surface area contributed by atoms with E-state index in [9.17, 15) is 32.2 Å². The second kappa shape index (κ2) is 7.84. The van der Waals surface area contributed by atoms with Crippen molar-refractivity contribution in [2.45, 2.75) is 44.0 Å². The first-order valence-electron chi connectivity index (χ1n) is 9.88. The molecule has 1 aliphatic carbocycles. The van der Waals surface area contributed by atoms with Gasteiger partial charge < -0.3 is 15.1 Å². The monoisotopic (exact) mass is 457 g/mol. The van der Waals surface area contributed by atoms with Crippen LogP contribution in [0.25, 0.3) is 22.3 Å². The van der Waals surface area contributed by atoms with Crippen LogP contribution in [0.4, 0.5) is 27.9 Å². The summed E-state index contributed by atoms with van der Waals surface area (Å²) < 4.78 is 69.2. The van der Waals surface area contributed by atoms with Crippen molar-refractivity contribution >= 4 is 17.0 Å². The second-order valence-electron chi connectivity index (χ2n) is 7.90. The van der Waals surface area contributed by atoms with Gasteiger partial charge in [0.05, 0.1) is 17.1 Å². The summed E-state index contributed by atoms with van der Waals surface area (Å²) >= 11 is 0. The van der Waals surface area contributed by atoms with E-state index < -0.39 is 34.7 Å². The van der Waals surface area contributed by atoms with Crippen molar-refractivity contribution < 1.29 is 32.2 Å². The summed E-state index contributed by atoms with van der Waals surface area (Å²) in [6, 6.07) is 0.379. The molecular weight excluding hydrogens is 437 g/mol. The van der Waals surface area contributed by atoms with Crippen LogP contribution in [0.5, 0.6) is 5.75 Å². The molecule has 0 atom stereocenters. The number of aliphatic hydroxyl groups excluding tert-OH is 1. The smallest absolute Gasteiger partial charge is 0.419 e. The first-order valence-corrected chi connectivity index (χ1v) is 9.88. The van der Waals surface area contributed by atoms with E-state index in [0.717, 1.165) is 12.8 Å². The van der Waals surface area contributed by atoms with E-state index in [0.29, 0.717) is 18.8 Å².